The summed E-state index contributed by atoms with van der Waals surface area (Å²) in [5.74, 6) is -0.121. The van der Waals surface area contributed by atoms with Gasteiger partial charge in [0.15, 0.2) is 6.29 Å². The highest BCUT2D eigenvalue weighted by Crippen LogP contribution is 2.29. The molecule has 3 aliphatic heterocycles. The van der Waals surface area contributed by atoms with Crippen molar-refractivity contribution in [1.29, 1.82) is 0 Å². The van der Waals surface area contributed by atoms with E-state index < -0.39 is 0 Å². The smallest absolute Gasteiger partial charge is 0.327 e. The van der Waals surface area contributed by atoms with Crippen LogP contribution in [0.1, 0.15) is 18.9 Å². The third kappa shape index (κ3) is 2.64. The molecule has 4 rings (SSSR count). The van der Waals surface area contributed by atoms with E-state index in [4.69, 9.17) is 0 Å². The number of imide groups is 1. The van der Waals surface area contributed by atoms with Crippen molar-refractivity contribution >= 4 is 11.9 Å². The number of carbonyl (C=O) groups excluding carboxylic acids is 2. The number of urea groups is 1. The lowest BCUT2D eigenvalue weighted by Gasteiger charge is -2.40. The van der Waals surface area contributed by atoms with Gasteiger partial charge < -0.3 is 15.1 Å². The van der Waals surface area contributed by atoms with Crippen molar-refractivity contribution in [3.63, 3.8) is 0 Å². The van der Waals surface area contributed by atoms with Crippen LogP contribution in [0.4, 0.5) is 4.79 Å². The summed E-state index contributed by atoms with van der Waals surface area (Å²) in [7, 11) is 1.75. The Labute approximate surface area is 147 Å². The molecule has 3 amide bonds. The molecular formula is C18H23N5O2. The second kappa shape index (κ2) is 6.07. The van der Waals surface area contributed by atoms with Gasteiger partial charge in [-0.15, -0.1) is 0 Å². The molecule has 2 fully saturated rings. The number of allylic oxidation sites excluding steroid dienone is 1. The molecule has 1 aromatic rings. The molecule has 3 aliphatic rings. The Bertz CT molecular complexity index is 719. The molecule has 3 unspecified atom stereocenters. The number of carbonyl (C=O) groups is 2. The monoisotopic (exact) mass is 341 g/mol. The zero-order chi connectivity index (χ0) is 17.6. The fourth-order valence-electron chi connectivity index (χ4n) is 3.85. The fourth-order valence-corrected chi connectivity index (χ4v) is 3.85. The number of amides is 3. The van der Waals surface area contributed by atoms with Crippen molar-refractivity contribution in [2.24, 2.45) is 0 Å². The van der Waals surface area contributed by atoms with Crippen LogP contribution in [0.3, 0.4) is 0 Å². The molecule has 25 heavy (non-hydrogen) atoms. The number of rotatable bonds is 4. The lowest BCUT2D eigenvalue weighted by Crippen LogP contribution is -2.65. The van der Waals surface area contributed by atoms with E-state index in [0.717, 1.165) is 18.5 Å². The maximum atomic E-state index is 13.0. The van der Waals surface area contributed by atoms with Crippen LogP contribution in [-0.2, 0) is 11.2 Å². The van der Waals surface area contributed by atoms with Crippen LogP contribution in [0.25, 0.3) is 0 Å². The molecule has 7 heteroatoms. The first kappa shape index (κ1) is 16.0. The van der Waals surface area contributed by atoms with Crippen molar-refractivity contribution < 1.29 is 9.59 Å². The van der Waals surface area contributed by atoms with E-state index >= 15 is 0 Å². The Hall–Kier alpha value is -2.54. The third-order valence-corrected chi connectivity index (χ3v) is 5.11. The van der Waals surface area contributed by atoms with Crippen molar-refractivity contribution in [1.82, 2.24) is 25.3 Å². The van der Waals surface area contributed by atoms with Crippen molar-refractivity contribution in [2.75, 3.05) is 13.6 Å². The normalized spacial score (nSPS) is 28.0. The zero-order valence-electron chi connectivity index (χ0n) is 14.5. The number of nitrogens with one attached hydrogen (secondary N) is 2. The van der Waals surface area contributed by atoms with E-state index in [1.54, 1.807) is 11.9 Å². The highest BCUT2D eigenvalue weighted by Gasteiger charge is 2.54. The highest BCUT2D eigenvalue weighted by atomic mass is 16.2. The van der Waals surface area contributed by atoms with Gasteiger partial charge in [-0.2, -0.15) is 0 Å². The Balaban J connectivity index is 1.47. The van der Waals surface area contributed by atoms with E-state index in [9.17, 15) is 9.59 Å². The molecule has 3 atom stereocenters. The van der Waals surface area contributed by atoms with Gasteiger partial charge in [0.25, 0.3) is 5.91 Å². The average molecular weight is 341 g/mol. The Morgan fingerprint density at radius 2 is 1.92 bits per heavy atom. The largest absolute Gasteiger partial charge is 0.355 e. The summed E-state index contributed by atoms with van der Waals surface area (Å²) in [5, 5.41) is 6.59. The minimum Gasteiger partial charge on any atom is -0.355 e. The first-order chi connectivity index (χ1) is 12.1. The summed E-state index contributed by atoms with van der Waals surface area (Å²) < 4.78 is 0. The van der Waals surface area contributed by atoms with Gasteiger partial charge >= 0.3 is 6.03 Å². The predicted octanol–water partition coefficient (Wildman–Crippen LogP) is 0.861. The number of nitrogens with zero attached hydrogens (tertiary/aromatic N) is 3. The Morgan fingerprint density at radius 3 is 2.68 bits per heavy atom. The van der Waals surface area contributed by atoms with E-state index in [-0.39, 0.29) is 30.4 Å². The standard InChI is InChI=1S/C18H23N5O2/c1-12-11-23-14-15(20-17(23)19-12)21(2)18(25)22(16(14)24)10-6-9-13-7-4-3-5-8-13/h3-5,7-8,11,14-15,17,19-20H,6,9-10H2,1-2H3. The van der Waals surface area contributed by atoms with E-state index in [1.165, 1.54) is 10.5 Å². The molecule has 0 bridgehead atoms. The van der Waals surface area contributed by atoms with Gasteiger partial charge in [0.2, 0.25) is 0 Å². The van der Waals surface area contributed by atoms with E-state index in [1.807, 2.05) is 36.2 Å². The molecule has 1 aromatic carbocycles. The third-order valence-electron chi connectivity index (χ3n) is 5.11. The van der Waals surface area contributed by atoms with Crippen LogP contribution < -0.4 is 10.6 Å². The molecule has 0 spiro atoms. The van der Waals surface area contributed by atoms with Gasteiger partial charge in [-0.25, -0.2) is 4.79 Å². The minimum absolute atomic E-state index is 0.121. The molecule has 0 aliphatic carbocycles. The van der Waals surface area contributed by atoms with Crippen LogP contribution in [0.15, 0.2) is 42.2 Å². The molecule has 3 heterocycles. The van der Waals surface area contributed by atoms with Gasteiger partial charge in [-0.05, 0) is 25.3 Å². The molecule has 2 N–H and O–H groups in total. The summed E-state index contributed by atoms with van der Waals surface area (Å²) in [5.41, 5.74) is 2.23. The minimum atomic E-state index is -0.380. The quantitative estimate of drug-likeness (QED) is 0.850. The lowest BCUT2D eigenvalue weighted by molar-refractivity contribution is -0.137. The van der Waals surface area contributed by atoms with E-state index in [2.05, 4.69) is 22.8 Å². The second-order valence-corrected chi connectivity index (χ2v) is 6.84. The second-order valence-electron chi connectivity index (χ2n) is 6.84. The number of hydrogen-bond donors (Lipinski definition) is 2. The van der Waals surface area contributed by atoms with Crippen LogP contribution >= 0.6 is 0 Å². The lowest BCUT2D eigenvalue weighted by atomic mass is 10.1. The van der Waals surface area contributed by atoms with Crippen molar-refractivity contribution in [3.8, 4) is 0 Å². The SMILES string of the molecule is CC1=CN2C(N1)NC1C2C(=O)N(CCCc2ccccc2)C(=O)N1C. The topological polar surface area (TPSA) is 67.9 Å². The van der Waals surface area contributed by atoms with Gasteiger partial charge in [-0.3, -0.25) is 15.0 Å². The van der Waals surface area contributed by atoms with Gasteiger partial charge in [0.05, 0.1) is 0 Å². The summed E-state index contributed by atoms with van der Waals surface area (Å²) in [4.78, 5) is 30.7. The summed E-state index contributed by atoms with van der Waals surface area (Å²) >= 11 is 0. The number of hydrogen-bond acceptors (Lipinski definition) is 5. The first-order valence-corrected chi connectivity index (χ1v) is 8.67. The number of benzene rings is 1. The average Bonchev–Trinajstić information content (AvgIpc) is 3.13. The first-order valence-electron chi connectivity index (χ1n) is 8.67. The molecule has 0 radical (unpaired) electrons. The van der Waals surface area contributed by atoms with Crippen molar-refractivity contribution in [2.45, 2.75) is 38.3 Å². The highest BCUT2D eigenvalue weighted by molar-refractivity contribution is 6.00. The van der Waals surface area contributed by atoms with Gasteiger partial charge in [0, 0.05) is 25.5 Å². The molecule has 0 aromatic heterocycles. The van der Waals surface area contributed by atoms with Crippen LogP contribution in [0.5, 0.6) is 0 Å². The Kier molecular flexibility index (Phi) is 3.88. The van der Waals surface area contributed by atoms with Gasteiger partial charge in [0.1, 0.15) is 12.2 Å². The molecule has 2 saturated heterocycles. The molecule has 132 valence electrons. The van der Waals surface area contributed by atoms with Crippen LogP contribution in [-0.4, -0.2) is 58.7 Å². The molecule has 0 saturated carbocycles. The van der Waals surface area contributed by atoms with E-state index in [0.29, 0.717) is 6.54 Å². The molecule has 7 nitrogen and oxygen atoms in total. The maximum Gasteiger partial charge on any atom is 0.327 e. The fraction of sp³-hybridized carbons (Fsp3) is 0.444. The zero-order valence-corrected chi connectivity index (χ0v) is 14.5. The van der Waals surface area contributed by atoms with Crippen LogP contribution in [0.2, 0.25) is 0 Å². The summed E-state index contributed by atoms with van der Waals surface area (Å²) in [6.07, 6.45) is 3.13. The number of likely N-dealkylation sites (N-methyl/N-ethyl adjacent to an activating group) is 1. The van der Waals surface area contributed by atoms with Crippen LogP contribution in [0, 0.1) is 0 Å². The maximum absolute atomic E-state index is 13.0. The molecular weight excluding hydrogens is 318 g/mol. The van der Waals surface area contributed by atoms with Crippen molar-refractivity contribution in [3.05, 3.63) is 47.8 Å². The number of aryl methyl sites for hydroxylation is 1. The Morgan fingerprint density at radius 1 is 1.16 bits per heavy atom. The summed E-state index contributed by atoms with van der Waals surface area (Å²) in [6.45, 7) is 2.41. The van der Waals surface area contributed by atoms with Gasteiger partial charge in [-0.1, -0.05) is 30.3 Å². The summed E-state index contributed by atoms with van der Waals surface area (Å²) in [6, 6.07) is 9.52. The number of fused-ring (bicyclic) bond motifs is 3. The predicted molar refractivity (Wildman–Crippen MR) is 92.9 cm³/mol.